The number of amides is 2. The van der Waals surface area contributed by atoms with Crippen LogP contribution >= 0.6 is 11.8 Å². The monoisotopic (exact) mass is 408 g/mol. The molecule has 1 saturated carbocycles. The number of hydrogen-bond acceptors (Lipinski definition) is 3. The summed E-state index contributed by atoms with van der Waals surface area (Å²) < 4.78 is 0. The van der Waals surface area contributed by atoms with E-state index in [9.17, 15) is 9.59 Å². The molecule has 4 rings (SSSR count). The van der Waals surface area contributed by atoms with Gasteiger partial charge < -0.3 is 10.2 Å². The zero-order valence-corrected chi connectivity index (χ0v) is 17.9. The first-order chi connectivity index (χ1) is 14.0. The van der Waals surface area contributed by atoms with Crippen LogP contribution in [0.15, 0.2) is 47.4 Å². The van der Waals surface area contributed by atoms with Gasteiger partial charge in [0.15, 0.2) is 0 Å². The van der Waals surface area contributed by atoms with Crippen molar-refractivity contribution in [3.05, 3.63) is 59.2 Å². The Morgan fingerprint density at radius 2 is 1.90 bits per heavy atom. The topological polar surface area (TPSA) is 49.4 Å². The average Bonchev–Trinajstić information content (AvgIpc) is 2.73. The van der Waals surface area contributed by atoms with Gasteiger partial charge in [0.05, 0.1) is 18.0 Å². The van der Waals surface area contributed by atoms with Crippen molar-refractivity contribution in [2.24, 2.45) is 5.92 Å². The molecule has 0 unspecified atom stereocenters. The van der Waals surface area contributed by atoms with Crippen molar-refractivity contribution in [1.29, 1.82) is 0 Å². The summed E-state index contributed by atoms with van der Waals surface area (Å²) in [5, 5.41) is 3.22. The van der Waals surface area contributed by atoms with Crippen molar-refractivity contribution in [2.75, 3.05) is 10.7 Å². The van der Waals surface area contributed by atoms with Crippen molar-refractivity contribution >= 4 is 29.3 Å². The summed E-state index contributed by atoms with van der Waals surface area (Å²) in [5.74, 6) is 0.996. The van der Waals surface area contributed by atoms with E-state index in [4.69, 9.17) is 0 Å². The number of rotatable bonds is 4. The lowest BCUT2D eigenvalue weighted by molar-refractivity contribution is -0.116. The standard InChI is InChI=1S/C24H28N2O2S/c1-16-7-9-18(10-8-16)14-26-21-13-19(11-12-22(21)29-15-23(26)27)24(28)25-20-6-4-3-5-17(20)2/h7-13,17,20H,3-6,14-15H2,1-2H3,(H,25,28)/t17-,20-/m1/s1. The van der Waals surface area contributed by atoms with Gasteiger partial charge in [-0.05, 0) is 49.4 Å². The molecule has 1 N–H and O–H groups in total. The highest BCUT2D eigenvalue weighted by Crippen LogP contribution is 2.37. The molecule has 2 atom stereocenters. The summed E-state index contributed by atoms with van der Waals surface area (Å²) >= 11 is 1.55. The molecule has 2 aromatic carbocycles. The predicted molar refractivity (Wildman–Crippen MR) is 118 cm³/mol. The van der Waals surface area contributed by atoms with Gasteiger partial charge >= 0.3 is 0 Å². The number of nitrogens with one attached hydrogen (secondary N) is 1. The van der Waals surface area contributed by atoms with Crippen LogP contribution in [0.2, 0.25) is 0 Å². The fraction of sp³-hybridized carbons (Fsp3) is 0.417. The predicted octanol–water partition coefficient (Wildman–Crippen LogP) is 4.94. The highest BCUT2D eigenvalue weighted by atomic mass is 32.2. The molecule has 0 spiro atoms. The lowest BCUT2D eigenvalue weighted by Crippen LogP contribution is -2.41. The largest absolute Gasteiger partial charge is 0.349 e. The molecule has 2 amide bonds. The third kappa shape index (κ3) is 4.50. The third-order valence-electron chi connectivity index (χ3n) is 6.05. The zero-order chi connectivity index (χ0) is 20.4. The van der Waals surface area contributed by atoms with E-state index < -0.39 is 0 Å². The van der Waals surface area contributed by atoms with E-state index in [1.165, 1.54) is 24.8 Å². The first-order valence-electron chi connectivity index (χ1n) is 10.4. The second kappa shape index (κ2) is 8.62. The van der Waals surface area contributed by atoms with Crippen molar-refractivity contribution in [3.63, 3.8) is 0 Å². The molecular formula is C24H28N2O2S. The minimum Gasteiger partial charge on any atom is -0.349 e. The van der Waals surface area contributed by atoms with Crippen LogP contribution in [0.3, 0.4) is 0 Å². The zero-order valence-electron chi connectivity index (χ0n) is 17.1. The number of carbonyl (C=O) groups is 2. The van der Waals surface area contributed by atoms with Gasteiger partial charge in [-0.1, -0.05) is 49.6 Å². The van der Waals surface area contributed by atoms with Gasteiger partial charge in [0, 0.05) is 16.5 Å². The fourth-order valence-corrected chi connectivity index (χ4v) is 5.09. The number of fused-ring (bicyclic) bond motifs is 1. The maximum atomic E-state index is 12.9. The Labute approximate surface area is 177 Å². The molecular weight excluding hydrogens is 380 g/mol. The summed E-state index contributed by atoms with van der Waals surface area (Å²) in [7, 11) is 0. The van der Waals surface area contributed by atoms with E-state index in [1.54, 1.807) is 11.8 Å². The van der Waals surface area contributed by atoms with Gasteiger partial charge in [-0.25, -0.2) is 0 Å². The Bertz CT molecular complexity index is 910. The highest BCUT2D eigenvalue weighted by Gasteiger charge is 2.27. The molecule has 0 bridgehead atoms. The smallest absolute Gasteiger partial charge is 0.251 e. The number of anilines is 1. The molecule has 2 aliphatic rings. The van der Waals surface area contributed by atoms with Crippen LogP contribution in [-0.4, -0.2) is 23.6 Å². The second-order valence-electron chi connectivity index (χ2n) is 8.28. The molecule has 2 aromatic rings. The van der Waals surface area contributed by atoms with Crippen LogP contribution in [0.25, 0.3) is 0 Å². The van der Waals surface area contributed by atoms with Crippen LogP contribution < -0.4 is 10.2 Å². The van der Waals surface area contributed by atoms with E-state index in [2.05, 4.69) is 43.4 Å². The Hall–Kier alpha value is -2.27. The van der Waals surface area contributed by atoms with Crippen molar-refractivity contribution < 1.29 is 9.59 Å². The summed E-state index contributed by atoms with van der Waals surface area (Å²) in [5.41, 5.74) is 3.76. The minimum absolute atomic E-state index is 0.0372. The second-order valence-corrected chi connectivity index (χ2v) is 9.30. The Kier molecular flexibility index (Phi) is 5.95. The molecule has 1 fully saturated rings. The maximum Gasteiger partial charge on any atom is 0.251 e. The lowest BCUT2D eigenvalue weighted by Gasteiger charge is -2.31. The van der Waals surface area contributed by atoms with Gasteiger partial charge in [-0.3, -0.25) is 9.59 Å². The first kappa shape index (κ1) is 20.0. The molecule has 0 radical (unpaired) electrons. The van der Waals surface area contributed by atoms with E-state index in [-0.39, 0.29) is 17.9 Å². The number of benzene rings is 2. The average molecular weight is 409 g/mol. The Morgan fingerprint density at radius 1 is 1.14 bits per heavy atom. The highest BCUT2D eigenvalue weighted by molar-refractivity contribution is 8.00. The maximum absolute atomic E-state index is 12.9. The van der Waals surface area contributed by atoms with Crippen LogP contribution in [0.4, 0.5) is 5.69 Å². The number of aryl methyl sites for hydroxylation is 1. The van der Waals surface area contributed by atoms with E-state index >= 15 is 0 Å². The molecule has 0 aromatic heterocycles. The van der Waals surface area contributed by atoms with Crippen molar-refractivity contribution in [2.45, 2.75) is 57.0 Å². The summed E-state index contributed by atoms with van der Waals surface area (Å²) in [6.45, 7) is 4.80. The Morgan fingerprint density at radius 3 is 2.66 bits per heavy atom. The molecule has 1 heterocycles. The van der Waals surface area contributed by atoms with Crippen LogP contribution in [0, 0.1) is 12.8 Å². The molecule has 1 aliphatic carbocycles. The summed E-state index contributed by atoms with van der Waals surface area (Å²) in [6.07, 6.45) is 4.64. The summed E-state index contributed by atoms with van der Waals surface area (Å²) in [4.78, 5) is 28.5. The third-order valence-corrected chi connectivity index (χ3v) is 7.10. The van der Waals surface area contributed by atoms with Gasteiger partial charge in [0.1, 0.15) is 0 Å². The molecule has 29 heavy (non-hydrogen) atoms. The van der Waals surface area contributed by atoms with Gasteiger partial charge in [0.25, 0.3) is 5.91 Å². The van der Waals surface area contributed by atoms with Gasteiger partial charge in [0.2, 0.25) is 5.91 Å². The van der Waals surface area contributed by atoms with Crippen molar-refractivity contribution in [3.8, 4) is 0 Å². The number of nitrogens with zero attached hydrogens (tertiary/aromatic N) is 1. The molecule has 1 aliphatic heterocycles. The summed E-state index contributed by atoms with van der Waals surface area (Å²) in [6, 6.07) is 14.2. The molecule has 4 nitrogen and oxygen atoms in total. The van der Waals surface area contributed by atoms with Crippen LogP contribution in [-0.2, 0) is 11.3 Å². The van der Waals surface area contributed by atoms with E-state index in [1.807, 2.05) is 23.1 Å². The Balaban J connectivity index is 1.56. The quantitative estimate of drug-likeness (QED) is 0.779. The van der Waals surface area contributed by atoms with Gasteiger partial charge in [-0.15, -0.1) is 11.8 Å². The van der Waals surface area contributed by atoms with Crippen LogP contribution in [0.5, 0.6) is 0 Å². The van der Waals surface area contributed by atoms with Crippen LogP contribution in [0.1, 0.15) is 54.1 Å². The number of thioether (sulfide) groups is 1. The first-order valence-corrected chi connectivity index (χ1v) is 11.4. The number of hydrogen-bond donors (Lipinski definition) is 1. The van der Waals surface area contributed by atoms with E-state index in [0.29, 0.717) is 23.8 Å². The van der Waals surface area contributed by atoms with Crippen molar-refractivity contribution in [1.82, 2.24) is 5.32 Å². The molecule has 0 saturated heterocycles. The van der Waals surface area contributed by atoms with E-state index in [0.717, 1.165) is 22.6 Å². The fourth-order valence-electron chi connectivity index (χ4n) is 4.18. The lowest BCUT2D eigenvalue weighted by atomic mass is 9.86. The number of carbonyl (C=O) groups excluding carboxylic acids is 2. The van der Waals surface area contributed by atoms with Gasteiger partial charge in [-0.2, -0.15) is 0 Å². The SMILES string of the molecule is Cc1ccc(CN2C(=O)CSc3ccc(C(=O)N[C@@H]4CCCC[C@H]4C)cc32)cc1. The molecule has 152 valence electrons. The normalized spacial score (nSPS) is 21.6. The minimum atomic E-state index is -0.0372. The molecule has 5 heteroatoms.